The van der Waals surface area contributed by atoms with Crippen LogP contribution in [-0.2, 0) is 4.79 Å². The van der Waals surface area contributed by atoms with Crippen molar-refractivity contribution in [3.05, 3.63) is 18.5 Å². The highest BCUT2D eigenvalue weighted by Crippen LogP contribution is 2.10. The molecule has 1 amide bonds. The Morgan fingerprint density at radius 2 is 1.75 bits per heavy atom. The summed E-state index contributed by atoms with van der Waals surface area (Å²) in [5.41, 5.74) is 0. The van der Waals surface area contributed by atoms with Gasteiger partial charge in [0.05, 0.1) is 6.54 Å². The first-order valence-corrected chi connectivity index (χ1v) is 8.56. The van der Waals surface area contributed by atoms with Crippen LogP contribution in [-0.4, -0.2) is 72.5 Å². The number of carbonyl (C=O) groups is 1. The standard InChI is InChI=1S/C16H27N7O/c1-3-17-15(18-4-2)19-9-6-14(24)22-10-12-23(13-11-22)16-20-7-5-8-21-16/h5,7-8H,3-4,6,9-13H2,1-2H3,(H2,17,18,19). The minimum atomic E-state index is 0.153. The molecule has 0 unspecified atom stereocenters. The van der Waals surface area contributed by atoms with E-state index in [4.69, 9.17) is 0 Å². The van der Waals surface area contributed by atoms with Crippen molar-refractivity contribution in [2.75, 3.05) is 50.7 Å². The van der Waals surface area contributed by atoms with Gasteiger partial charge in [0.15, 0.2) is 5.96 Å². The second-order valence-corrected chi connectivity index (χ2v) is 5.46. The van der Waals surface area contributed by atoms with E-state index in [0.29, 0.717) is 26.1 Å². The van der Waals surface area contributed by atoms with E-state index in [0.717, 1.165) is 38.1 Å². The number of guanidine groups is 1. The highest BCUT2D eigenvalue weighted by atomic mass is 16.2. The molecular formula is C16H27N7O. The summed E-state index contributed by atoms with van der Waals surface area (Å²) in [5.74, 6) is 1.65. The lowest BCUT2D eigenvalue weighted by Gasteiger charge is -2.34. The molecular weight excluding hydrogens is 306 g/mol. The van der Waals surface area contributed by atoms with E-state index in [1.807, 2.05) is 18.7 Å². The third kappa shape index (κ3) is 5.36. The van der Waals surface area contributed by atoms with Crippen LogP contribution in [0.5, 0.6) is 0 Å². The van der Waals surface area contributed by atoms with Gasteiger partial charge < -0.3 is 20.4 Å². The van der Waals surface area contributed by atoms with Crippen LogP contribution in [0.1, 0.15) is 20.3 Å². The fraction of sp³-hybridized carbons (Fsp3) is 0.625. The predicted octanol–water partition coefficient (Wildman–Crippen LogP) is 0.0903. The van der Waals surface area contributed by atoms with Crippen LogP contribution >= 0.6 is 0 Å². The molecule has 1 aromatic rings. The van der Waals surface area contributed by atoms with Crippen LogP contribution in [0.4, 0.5) is 5.95 Å². The highest BCUT2D eigenvalue weighted by molar-refractivity contribution is 5.80. The SMILES string of the molecule is CCNC(=NCCC(=O)N1CCN(c2ncccn2)CC1)NCC. The Hall–Kier alpha value is -2.38. The lowest BCUT2D eigenvalue weighted by atomic mass is 10.3. The third-order valence-electron chi connectivity index (χ3n) is 3.75. The van der Waals surface area contributed by atoms with Crippen molar-refractivity contribution in [1.29, 1.82) is 0 Å². The minimum Gasteiger partial charge on any atom is -0.357 e. The van der Waals surface area contributed by atoms with Gasteiger partial charge in [0.1, 0.15) is 0 Å². The zero-order valence-electron chi connectivity index (χ0n) is 14.5. The first-order chi connectivity index (χ1) is 11.7. The largest absolute Gasteiger partial charge is 0.357 e. The van der Waals surface area contributed by atoms with E-state index in [9.17, 15) is 4.79 Å². The fourth-order valence-electron chi connectivity index (χ4n) is 2.54. The van der Waals surface area contributed by atoms with E-state index < -0.39 is 0 Å². The van der Waals surface area contributed by atoms with Crippen molar-refractivity contribution < 1.29 is 4.79 Å². The van der Waals surface area contributed by atoms with Crippen molar-refractivity contribution in [2.45, 2.75) is 20.3 Å². The highest BCUT2D eigenvalue weighted by Gasteiger charge is 2.21. The number of aliphatic imine (C=N–C) groups is 1. The van der Waals surface area contributed by atoms with E-state index in [2.05, 4.69) is 30.5 Å². The molecule has 1 aliphatic rings. The number of nitrogens with one attached hydrogen (secondary N) is 2. The van der Waals surface area contributed by atoms with Gasteiger partial charge in [-0.05, 0) is 19.9 Å². The summed E-state index contributed by atoms with van der Waals surface area (Å²) in [4.78, 5) is 29.2. The lowest BCUT2D eigenvalue weighted by Crippen LogP contribution is -2.49. The number of hydrogen-bond acceptors (Lipinski definition) is 5. The van der Waals surface area contributed by atoms with Gasteiger partial charge in [-0.25, -0.2) is 9.97 Å². The Labute approximate surface area is 143 Å². The van der Waals surface area contributed by atoms with Crippen LogP contribution in [0.15, 0.2) is 23.5 Å². The average Bonchev–Trinajstić information content (AvgIpc) is 2.63. The Kier molecular flexibility index (Phi) is 7.25. The zero-order valence-corrected chi connectivity index (χ0v) is 14.5. The molecule has 0 saturated carbocycles. The quantitative estimate of drug-likeness (QED) is 0.567. The maximum absolute atomic E-state index is 12.3. The number of carbonyl (C=O) groups excluding carboxylic acids is 1. The summed E-state index contributed by atoms with van der Waals surface area (Å²) in [6.45, 7) is 9.09. The molecule has 0 atom stereocenters. The zero-order chi connectivity index (χ0) is 17.2. The van der Waals surface area contributed by atoms with Gasteiger partial charge in [0.25, 0.3) is 0 Å². The average molecular weight is 333 g/mol. The lowest BCUT2D eigenvalue weighted by molar-refractivity contribution is -0.131. The molecule has 1 aromatic heterocycles. The molecule has 1 saturated heterocycles. The second kappa shape index (κ2) is 9.69. The van der Waals surface area contributed by atoms with Gasteiger partial charge in [0.2, 0.25) is 11.9 Å². The van der Waals surface area contributed by atoms with E-state index in [1.165, 1.54) is 0 Å². The molecule has 2 rings (SSSR count). The second-order valence-electron chi connectivity index (χ2n) is 5.46. The Bertz CT molecular complexity index is 518. The third-order valence-corrected chi connectivity index (χ3v) is 3.75. The van der Waals surface area contributed by atoms with Crippen molar-refractivity contribution in [3.8, 4) is 0 Å². The summed E-state index contributed by atoms with van der Waals surface area (Å²) in [6, 6.07) is 1.80. The van der Waals surface area contributed by atoms with Crippen molar-refractivity contribution in [1.82, 2.24) is 25.5 Å². The Balaban J connectivity index is 1.75. The summed E-state index contributed by atoms with van der Waals surface area (Å²) in [6.07, 6.45) is 3.91. The molecule has 132 valence electrons. The molecule has 24 heavy (non-hydrogen) atoms. The molecule has 0 aromatic carbocycles. The van der Waals surface area contributed by atoms with Crippen LogP contribution in [0.25, 0.3) is 0 Å². The number of piperazine rings is 1. The number of amides is 1. The van der Waals surface area contributed by atoms with Crippen LogP contribution < -0.4 is 15.5 Å². The predicted molar refractivity (Wildman–Crippen MR) is 95.1 cm³/mol. The van der Waals surface area contributed by atoms with Gasteiger partial charge in [-0.3, -0.25) is 9.79 Å². The Morgan fingerprint density at radius 3 is 2.33 bits per heavy atom. The number of anilines is 1. The molecule has 1 aliphatic heterocycles. The molecule has 8 heteroatoms. The molecule has 8 nitrogen and oxygen atoms in total. The fourth-order valence-corrected chi connectivity index (χ4v) is 2.54. The van der Waals surface area contributed by atoms with Gasteiger partial charge in [-0.15, -0.1) is 0 Å². The molecule has 0 bridgehead atoms. The topological polar surface area (TPSA) is 85.8 Å². The van der Waals surface area contributed by atoms with E-state index in [1.54, 1.807) is 18.5 Å². The van der Waals surface area contributed by atoms with Crippen molar-refractivity contribution in [2.24, 2.45) is 4.99 Å². The van der Waals surface area contributed by atoms with E-state index >= 15 is 0 Å². The van der Waals surface area contributed by atoms with Gasteiger partial charge in [-0.2, -0.15) is 0 Å². The molecule has 2 heterocycles. The summed E-state index contributed by atoms with van der Waals surface area (Å²) in [7, 11) is 0. The smallest absolute Gasteiger partial charge is 0.225 e. The molecule has 0 aliphatic carbocycles. The molecule has 0 radical (unpaired) electrons. The number of rotatable bonds is 6. The summed E-state index contributed by atoms with van der Waals surface area (Å²) < 4.78 is 0. The van der Waals surface area contributed by atoms with Crippen LogP contribution in [0.2, 0.25) is 0 Å². The number of nitrogens with zero attached hydrogens (tertiary/aromatic N) is 5. The first kappa shape index (κ1) is 18.0. The molecule has 0 spiro atoms. The monoisotopic (exact) mass is 333 g/mol. The van der Waals surface area contributed by atoms with Crippen LogP contribution in [0.3, 0.4) is 0 Å². The van der Waals surface area contributed by atoms with Gasteiger partial charge in [0, 0.05) is 58.1 Å². The number of aromatic nitrogens is 2. The van der Waals surface area contributed by atoms with Gasteiger partial charge >= 0.3 is 0 Å². The first-order valence-electron chi connectivity index (χ1n) is 8.56. The Morgan fingerprint density at radius 1 is 1.12 bits per heavy atom. The number of hydrogen-bond donors (Lipinski definition) is 2. The molecule has 1 fully saturated rings. The van der Waals surface area contributed by atoms with Gasteiger partial charge in [-0.1, -0.05) is 0 Å². The maximum atomic E-state index is 12.3. The summed E-state index contributed by atoms with van der Waals surface area (Å²) in [5, 5.41) is 6.31. The normalized spacial score (nSPS) is 14.2. The maximum Gasteiger partial charge on any atom is 0.225 e. The van der Waals surface area contributed by atoms with Crippen molar-refractivity contribution in [3.63, 3.8) is 0 Å². The van der Waals surface area contributed by atoms with Crippen molar-refractivity contribution >= 4 is 17.8 Å². The summed E-state index contributed by atoms with van der Waals surface area (Å²) >= 11 is 0. The molecule has 2 N–H and O–H groups in total. The van der Waals surface area contributed by atoms with Crippen LogP contribution in [0, 0.1) is 0 Å². The van der Waals surface area contributed by atoms with E-state index in [-0.39, 0.29) is 5.91 Å². The minimum absolute atomic E-state index is 0.153.